The summed E-state index contributed by atoms with van der Waals surface area (Å²) in [7, 11) is 0. The van der Waals surface area contributed by atoms with Gasteiger partial charge in [-0.25, -0.2) is 0 Å². The van der Waals surface area contributed by atoms with Gasteiger partial charge in [0.05, 0.1) is 10.3 Å². The summed E-state index contributed by atoms with van der Waals surface area (Å²) in [6.45, 7) is 13.3. The van der Waals surface area contributed by atoms with E-state index in [0.29, 0.717) is 6.54 Å². The maximum atomic E-state index is 11.4. The lowest BCUT2D eigenvalue weighted by Crippen LogP contribution is -2.27. The first-order chi connectivity index (χ1) is 16.7. The molecule has 0 saturated carbocycles. The fourth-order valence-electron chi connectivity index (χ4n) is 5.57. The van der Waals surface area contributed by atoms with Crippen molar-refractivity contribution in [1.29, 1.82) is 0 Å². The van der Waals surface area contributed by atoms with E-state index in [1.165, 1.54) is 16.3 Å². The van der Waals surface area contributed by atoms with Crippen molar-refractivity contribution >= 4 is 33.5 Å². The van der Waals surface area contributed by atoms with Crippen LogP contribution in [0.3, 0.4) is 0 Å². The summed E-state index contributed by atoms with van der Waals surface area (Å²) in [5, 5.41) is 17.5. The van der Waals surface area contributed by atoms with Crippen LogP contribution in [-0.2, 0) is 10.8 Å². The molecular weight excluding hydrogens is 434 g/mol. The predicted octanol–water partition coefficient (Wildman–Crippen LogP) is 7.15. The Labute approximate surface area is 206 Å². The Kier molecular flexibility index (Phi) is 5.24. The van der Waals surface area contributed by atoms with Gasteiger partial charge in [-0.05, 0) is 48.4 Å². The molecule has 0 aliphatic carbocycles. The highest BCUT2D eigenvalue weighted by molar-refractivity contribution is 6.03. The van der Waals surface area contributed by atoms with Crippen LogP contribution in [0.1, 0.15) is 38.8 Å². The topological polar surface area (TPSA) is 58.2 Å². The number of hydrogen-bond acceptors (Lipinski definition) is 3. The van der Waals surface area contributed by atoms with Gasteiger partial charge >= 0.3 is 0 Å². The van der Waals surface area contributed by atoms with Gasteiger partial charge in [0.15, 0.2) is 12.3 Å². The zero-order chi connectivity index (χ0) is 25.0. The molecule has 35 heavy (non-hydrogen) atoms. The minimum absolute atomic E-state index is 0.115. The molecule has 0 atom stereocenters. The average Bonchev–Trinajstić information content (AvgIpc) is 3.21. The van der Waals surface area contributed by atoms with Crippen LogP contribution in [0.4, 0.5) is 17.1 Å². The molecule has 0 saturated heterocycles. The summed E-state index contributed by atoms with van der Waals surface area (Å²) in [5.74, 6) is 0. The summed E-state index contributed by atoms with van der Waals surface area (Å²) < 4.78 is 2.19. The van der Waals surface area contributed by atoms with Crippen molar-refractivity contribution in [2.75, 3.05) is 11.9 Å². The van der Waals surface area contributed by atoms with Crippen molar-refractivity contribution < 1.29 is 9.50 Å². The lowest BCUT2D eigenvalue weighted by molar-refractivity contribution is -0.425. The molecule has 1 N–H and O–H groups in total. The number of hydrogen-bond donors (Lipinski definition) is 1. The van der Waals surface area contributed by atoms with Gasteiger partial charge < -0.3 is 5.32 Å². The maximum absolute atomic E-state index is 11.4. The molecule has 3 aromatic carbocycles. The molecule has 0 aromatic heterocycles. The SMILES string of the molecule is C=CC[N+]1=C(C=CC=C2Nc3ccc4ccccc4c3C2(C)C)C(C)(C)c2cc([N+](=O)[O-])ccc21. The van der Waals surface area contributed by atoms with Crippen LogP contribution in [0.25, 0.3) is 10.8 Å². The van der Waals surface area contributed by atoms with E-state index < -0.39 is 0 Å². The molecule has 0 unspecified atom stereocenters. The van der Waals surface area contributed by atoms with Gasteiger partial charge in [-0.1, -0.05) is 56.8 Å². The number of nitro groups is 1. The smallest absolute Gasteiger partial charge is 0.270 e. The molecule has 0 radical (unpaired) electrons. The molecule has 0 amide bonds. The molecule has 5 heteroatoms. The van der Waals surface area contributed by atoms with Crippen molar-refractivity contribution in [2.24, 2.45) is 0 Å². The van der Waals surface area contributed by atoms with Crippen molar-refractivity contribution in [3.8, 4) is 0 Å². The van der Waals surface area contributed by atoms with E-state index in [9.17, 15) is 10.1 Å². The molecule has 0 spiro atoms. The van der Waals surface area contributed by atoms with Gasteiger partial charge in [0.1, 0.15) is 0 Å². The second kappa shape index (κ2) is 8.05. The molecule has 3 aromatic rings. The second-order valence-electron chi connectivity index (χ2n) is 10.3. The van der Waals surface area contributed by atoms with Crippen LogP contribution < -0.4 is 5.32 Å². The first-order valence-electron chi connectivity index (χ1n) is 11.9. The Morgan fingerprint density at radius 1 is 1.06 bits per heavy atom. The minimum Gasteiger partial charge on any atom is -0.358 e. The largest absolute Gasteiger partial charge is 0.358 e. The van der Waals surface area contributed by atoms with Crippen LogP contribution in [0.15, 0.2) is 91.2 Å². The monoisotopic (exact) mass is 464 g/mol. The molecule has 0 bridgehead atoms. The average molecular weight is 465 g/mol. The van der Waals surface area contributed by atoms with Crippen molar-refractivity contribution in [3.05, 3.63) is 112 Å². The number of nitro benzene ring substituents is 1. The van der Waals surface area contributed by atoms with E-state index in [4.69, 9.17) is 0 Å². The molecule has 5 rings (SSSR count). The van der Waals surface area contributed by atoms with E-state index in [0.717, 1.165) is 28.3 Å². The van der Waals surface area contributed by atoms with E-state index in [2.05, 4.69) is 98.8 Å². The number of nitrogens with zero attached hydrogens (tertiary/aromatic N) is 2. The molecule has 2 aliphatic rings. The molecular formula is C30H30N3O2+. The third-order valence-corrected chi connectivity index (χ3v) is 7.41. The van der Waals surface area contributed by atoms with E-state index >= 15 is 0 Å². The Hall–Kier alpha value is -3.99. The number of benzene rings is 3. The number of rotatable bonds is 5. The highest BCUT2D eigenvalue weighted by Crippen LogP contribution is 2.47. The van der Waals surface area contributed by atoms with Crippen molar-refractivity contribution in [3.63, 3.8) is 0 Å². The minimum atomic E-state index is -0.378. The Balaban J connectivity index is 1.54. The third-order valence-electron chi connectivity index (χ3n) is 7.41. The summed E-state index contributed by atoms with van der Waals surface area (Å²) in [6.07, 6.45) is 8.23. The quantitative estimate of drug-likeness (QED) is 0.189. The van der Waals surface area contributed by atoms with E-state index in [-0.39, 0.29) is 21.4 Å². The van der Waals surface area contributed by atoms with Gasteiger partial charge in [0.25, 0.3) is 5.69 Å². The summed E-state index contributed by atoms with van der Waals surface area (Å²) in [5.41, 5.74) is 6.21. The van der Waals surface area contributed by atoms with Crippen molar-refractivity contribution in [2.45, 2.75) is 38.5 Å². The number of nitrogens with one attached hydrogen (secondary N) is 1. The van der Waals surface area contributed by atoms with Crippen LogP contribution in [0.2, 0.25) is 0 Å². The standard InChI is InChI=1S/C30H29N3O2/c1-6-18-32-25-17-15-21(33(34)35)19-23(25)29(2,3)27(32)13-9-12-26-30(4,5)28-22-11-8-7-10-20(22)14-16-24(28)31-26/h6-17,19H,1,18H2,2-5H3/p+1. The van der Waals surface area contributed by atoms with Crippen LogP contribution in [0.5, 0.6) is 0 Å². The molecule has 5 nitrogen and oxygen atoms in total. The van der Waals surface area contributed by atoms with Crippen LogP contribution in [-0.4, -0.2) is 21.8 Å². The first-order valence-corrected chi connectivity index (χ1v) is 11.9. The number of allylic oxidation sites excluding steroid dienone is 4. The van der Waals surface area contributed by atoms with Gasteiger partial charge in [0, 0.05) is 46.6 Å². The number of non-ortho nitro benzene ring substituents is 1. The summed E-state index contributed by atoms with van der Waals surface area (Å²) in [4.78, 5) is 11.1. The molecule has 0 fully saturated rings. The van der Waals surface area contributed by atoms with Gasteiger partial charge in [0.2, 0.25) is 5.69 Å². The van der Waals surface area contributed by atoms with E-state index in [1.807, 2.05) is 12.1 Å². The third kappa shape index (κ3) is 3.50. The highest BCUT2D eigenvalue weighted by Gasteiger charge is 2.45. The normalized spacial score (nSPS) is 18.7. The van der Waals surface area contributed by atoms with Gasteiger partial charge in [-0.3, -0.25) is 10.1 Å². The van der Waals surface area contributed by atoms with Crippen molar-refractivity contribution in [1.82, 2.24) is 0 Å². The number of fused-ring (bicyclic) bond motifs is 4. The zero-order valence-electron chi connectivity index (χ0n) is 20.6. The Bertz CT molecular complexity index is 1490. The lowest BCUT2D eigenvalue weighted by atomic mass is 9.80. The molecule has 2 aliphatic heterocycles. The van der Waals surface area contributed by atoms with Gasteiger partial charge in [-0.2, -0.15) is 4.58 Å². The fourth-order valence-corrected chi connectivity index (χ4v) is 5.57. The van der Waals surface area contributed by atoms with Crippen LogP contribution >= 0.6 is 0 Å². The first kappa shape index (κ1) is 22.8. The molecule has 176 valence electrons. The molecule has 2 heterocycles. The predicted molar refractivity (Wildman–Crippen MR) is 144 cm³/mol. The lowest BCUT2D eigenvalue weighted by Gasteiger charge is -2.21. The zero-order valence-corrected chi connectivity index (χ0v) is 20.6. The van der Waals surface area contributed by atoms with E-state index in [1.54, 1.807) is 12.1 Å². The summed E-state index contributed by atoms with van der Waals surface area (Å²) >= 11 is 0. The fraction of sp³-hybridized carbons (Fsp3) is 0.233. The Morgan fingerprint density at radius 2 is 1.83 bits per heavy atom. The van der Waals surface area contributed by atoms with Gasteiger partial charge in [-0.15, -0.1) is 0 Å². The maximum Gasteiger partial charge on any atom is 0.270 e. The van der Waals surface area contributed by atoms with Crippen LogP contribution in [0, 0.1) is 10.1 Å². The highest BCUT2D eigenvalue weighted by atomic mass is 16.6. The Morgan fingerprint density at radius 3 is 2.57 bits per heavy atom. The number of anilines is 1. The second-order valence-corrected chi connectivity index (χ2v) is 10.3. The summed E-state index contributed by atoms with van der Waals surface area (Å²) in [6, 6.07) is 18.0.